The summed E-state index contributed by atoms with van der Waals surface area (Å²) in [6, 6.07) is 14.1. The smallest absolute Gasteiger partial charge is 0.255 e. The Morgan fingerprint density at radius 3 is 2.17 bits per heavy atom. The minimum atomic E-state index is -0.243. The van der Waals surface area contributed by atoms with Crippen LogP contribution < -0.4 is 15.4 Å². The molecule has 2 aromatic rings. The van der Waals surface area contributed by atoms with Gasteiger partial charge in [0.2, 0.25) is 5.91 Å². The Labute approximate surface area is 142 Å². The van der Waals surface area contributed by atoms with E-state index in [9.17, 15) is 9.59 Å². The number of nitrogens with one attached hydrogen (secondary N) is 2. The van der Waals surface area contributed by atoms with E-state index in [0.717, 1.165) is 18.6 Å². The number of rotatable bonds is 7. The standard InChI is InChI=1S/C19H22N2O3/c1-3-4-13-24-16-11-9-15(10-12-16)19(23)21-18-8-6-5-7-17(18)20-14(2)22/h5-12H,3-4,13H2,1-2H3,(H,20,22)(H,21,23). The first-order chi connectivity index (χ1) is 11.6. The van der Waals surface area contributed by atoms with Crippen LogP contribution in [0.5, 0.6) is 5.75 Å². The third-order valence-corrected chi connectivity index (χ3v) is 3.37. The average Bonchev–Trinajstić information content (AvgIpc) is 2.57. The molecule has 2 N–H and O–H groups in total. The van der Waals surface area contributed by atoms with Crippen LogP contribution in [0, 0.1) is 0 Å². The van der Waals surface area contributed by atoms with Crippen molar-refractivity contribution in [3.63, 3.8) is 0 Å². The van der Waals surface area contributed by atoms with Gasteiger partial charge in [-0.15, -0.1) is 0 Å². The molecule has 0 aliphatic carbocycles. The molecule has 5 nitrogen and oxygen atoms in total. The lowest BCUT2D eigenvalue weighted by molar-refractivity contribution is -0.114. The molecule has 126 valence electrons. The second-order valence-corrected chi connectivity index (χ2v) is 5.41. The fraction of sp³-hybridized carbons (Fsp3) is 0.263. The van der Waals surface area contributed by atoms with Crippen LogP contribution in [0.15, 0.2) is 48.5 Å². The topological polar surface area (TPSA) is 67.4 Å². The molecule has 0 aromatic heterocycles. The van der Waals surface area contributed by atoms with Gasteiger partial charge < -0.3 is 15.4 Å². The van der Waals surface area contributed by atoms with E-state index in [1.54, 1.807) is 48.5 Å². The first kappa shape index (κ1) is 17.5. The van der Waals surface area contributed by atoms with E-state index in [1.807, 2.05) is 0 Å². The van der Waals surface area contributed by atoms with Gasteiger partial charge in [0.1, 0.15) is 5.75 Å². The van der Waals surface area contributed by atoms with E-state index in [-0.39, 0.29) is 11.8 Å². The lowest BCUT2D eigenvalue weighted by Crippen LogP contribution is -2.15. The molecule has 0 aliphatic rings. The highest BCUT2D eigenvalue weighted by molar-refractivity contribution is 6.07. The average molecular weight is 326 g/mol. The number of hydrogen-bond acceptors (Lipinski definition) is 3. The van der Waals surface area contributed by atoms with E-state index in [0.29, 0.717) is 23.5 Å². The maximum absolute atomic E-state index is 12.4. The molecule has 0 saturated carbocycles. The Morgan fingerprint density at radius 1 is 0.958 bits per heavy atom. The number of ether oxygens (including phenoxy) is 1. The summed E-state index contributed by atoms with van der Waals surface area (Å²) in [5, 5.41) is 5.50. The van der Waals surface area contributed by atoms with Gasteiger partial charge in [0, 0.05) is 12.5 Å². The van der Waals surface area contributed by atoms with Crippen LogP contribution in [0.2, 0.25) is 0 Å². The minimum Gasteiger partial charge on any atom is -0.494 e. The molecule has 0 atom stereocenters. The van der Waals surface area contributed by atoms with Crippen LogP contribution in [0.1, 0.15) is 37.0 Å². The number of para-hydroxylation sites is 2. The number of anilines is 2. The SMILES string of the molecule is CCCCOc1ccc(C(=O)Nc2ccccc2NC(C)=O)cc1. The van der Waals surface area contributed by atoms with Crippen LogP contribution in [-0.2, 0) is 4.79 Å². The predicted octanol–water partition coefficient (Wildman–Crippen LogP) is 4.08. The molecular weight excluding hydrogens is 304 g/mol. The molecule has 0 heterocycles. The molecule has 5 heteroatoms. The number of hydrogen-bond donors (Lipinski definition) is 2. The summed E-state index contributed by atoms with van der Waals surface area (Å²) in [5.41, 5.74) is 1.65. The normalized spacial score (nSPS) is 10.1. The quantitative estimate of drug-likeness (QED) is 0.754. The van der Waals surface area contributed by atoms with Gasteiger partial charge in [-0.2, -0.15) is 0 Å². The van der Waals surface area contributed by atoms with Gasteiger partial charge >= 0.3 is 0 Å². The Bertz CT molecular complexity index is 696. The second-order valence-electron chi connectivity index (χ2n) is 5.41. The molecule has 0 saturated heterocycles. The van der Waals surface area contributed by atoms with Gasteiger partial charge in [-0.05, 0) is 42.8 Å². The summed E-state index contributed by atoms with van der Waals surface area (Å²) in [5.74, 6) is 0.317. The minimum absolute atomic E-state index is 0.190. The van der Waals surface area contributed by atoms with Gasteiger partial charge in [0.15, 0.2) is 0 Å². The molecule has 24 heavy (non-hydrogen) atoms. The van der Waals surface area contributed by atoms with Crippen molar-refractivity contribution >= 4 is 23.2 Å². The number of carbonyl (C=O) groups is 2. The fourth-order valence-electron chi connectivity index (χ4n) is 2.12. The van der Waals surface area contributed by atoms with Crippen LogP contribution in [0.3, 0.4) is 0 Å². The monoisotopic (exact) mass is 326 g/mol. The highest BCUT2D eigenvalue weighted by Crippen LogP contribution is 2.22. The van der Waals surface area contributed by atoms with Crippen molar-refractivity contribution in [3.8, 4) is 5.75 Å². The molecular formula is C19H22N2O3. The first-order valence-corrected chi connectivity index (χ1v) is 8.01. The summed E-state index contributed by atoms with van der Waals surface area (Å²) in [6.07, 6.45) is 2.08. The molecule has 0 aliphatic heterocycles. The highest BCUT2D eigenvalue weighted by Gasteiger charge is 2.10. The van der Waals surface area contributed by atoms with Crippen LogP contribution in [-0.4, -0.2) is 18.4 Å². The zero-order valence-corrected chi connectivity index (χ0v) is 14.0. The summed E-state index contributed by atoms with van der Waals surface area (Å²) >= 11 is 0. The van der Waals surface area contributed by atoms with Crippen molar-refractivity contribution in [3.05, 3.63) is 54.1 Å². The first-order valence-electron chi connectivity index (χ1n) is 8.01. The molecule has 2 amide bonds. The van der Waals surface area contributed by atoms with Gasteiger partial charge in [0.05, 0.1) is 18.0 Å². The van der Waals surface area contributed by atoms with E-state index >= 15 is 0 Å². The van der Waals surface area contributed by atoms with Crippen molar-refractivity contribution in [2.75, 3.05) is 17.2 Å². The van der Waals surface area contributed by atoms with Gasteiger partial charge in [-0.3, -0.25) is 9.59 Å². The summed E-state index contributed by atoms with van der Waals surface area (Å²) in [4.78, 5) is 23.6. The second kappa shape index (κ2) is 8.72. The summed E-state index contributed by atoms with van der Waals surface area (Å²) in [6.45, 7) is 4.21. The third-order valence-electron chi connectivity index (χ3n) is 3.37. The van der Waals surface area contributed by atoms with E-state index in [2.05, 4.69) is 17.6 Å². The molecule has 2 rings (SSSR count). The van der Waals surface area contributed by atoms with Crippen molar-refractivity contribution < 1.29 is 14.3 Å². The Hall–Kier alpha value is -2.82. The van der Waals surface area contributed by atoms with E-state index in [1.165, 1.54) is 6.92 Å². The molecule has 0 bridgehead atoms. The number of amides is 2. The third kappa shape index (κ3) is 5.12. The lowest BCUT2D eigenvalue weighted by atomic mass is 10.2. The number of carbonyl (C=O) groups excluding carboxylic acids is 2. The summed E-state index contributed by atoms with van der Waals surface area (Å²) in [7, 11) is 0. The molecule has 0 radical (unpaired) electrons. The van der Waals surface area contributed by atoms with Gasteiger partial charge in [-0.25, -0.2) is 0 Å². The van der Waals surface area contributed by atoms with Crippen LogP contribution in [0.4, 0.5) is 11.4 Å². The maximum atomic E-state index is 12.4. The Kier molecular flexibility index (Phi) is 6.37. The van der Waals surface area contributed by atoms with Crippen LogP contribution in [0.25, 0.3) is 0 Å². The zero-order valence-electron chi connectivity index (χ0n) is 14.0. The van der Waals surface area contributed by atoms with Crippen molar-refractivity contribution in [1.29, 1.82) is 0 Å². The molecule has 0 unspecified atom stereocenters. The predicted molar refractivity (Wildman–Crippen MR) is 95.5 cm³/mol. The number of unbranched alkanes of at least 4 members (excludes halogenated alkanes) is 1. The van der Waals surface area contributed by atoms with E-state index in [4.69, 9.17) is 4.74 Å². The molecule has 0 fully saturated rings. The van der Waals surface area contributed by atoms with Crippen molar-refractivity contribution in [2.45, 2.75) is 26.7 Å². The maximum Gasteiger partial charge on any atom is 0.255 e. The van der Waals surface area contributed by atoms with E-state index < -0.39 is 0 Å². The highest BCUT2D eigenvalue weighted by atomic mass is 16.5. The van der Waals surface area contributed by atoms with Gasteiger partial charge in [-0.1, -0.05) is 25.5 Å². The fourth-order valence-corrected chi connectivity index (χ4v) is 2.12. The molecule has 2 aromatic carbocycles. The van der Waals surface area contributed by atoms with Crippen molar-refractivity contribution in [1.82, 2.24) is 0 Å². The zero-order chi connectivity index (χ0) is 17.4. The lowest BCUT2D eigenvalue weighted by Gasteiger charge is -2.11. The largest absolute Gasteiger partial charge is 0.494 e. The Balaban J connectivity index is 2.03. The Morgan fingerprint density at radius 2 is 1.58 bits per heavy atom. The van der Waals surface area contributed by atoms with Crippen LogP contribution >= 0.6 is 0 Å². The van der Waals surface area contributed by atoms with Crippen molar-refractivity contribution in [2.24, 2.45) is 0 Å². The summed E-state index contributed by atoms with van der Waals surface area (Å²) < 4.78 is 5.58. The van der Waals surface area contributed by atoms with Gasteiger partial charge in [0.25, 0.3) is 5.91 Å². The molecule has 0 spiro atoms. The number of benzene rings is 2.